The number of benzene rings is 2. The molecule has 0 aliphatic heterocycles. The van der Waals surface area contributed by atoms with Crippen molar-refractivity contribution in [3.63, 3.8) is 0 Å². The lowest BCUT2D eigenvalue weighted by Crippen LogP contribution is -2.05. The molecule has 2 nitrogen and oxygen atoms in total. The number of fused-ring (bicyclic) bond motifs is 1. The SMILES string of the molecule is ClCCc1nc2ccccc2n1Cc1ccc(Cl)cc1. The predicted molar refractivity (Wildman–Crippen MR) is 84.7 cm³/mol. The molecule has 3 rings (SSSR count). The molecular weight excluding hydrogens is 291 g/mol. The van der Waals surface area contributed by atoms with E-state index in [0.29, 0.717) is 5.88 Å². The van der Waals surface area contributed by atoms with E-state index < -0.39 is 0 Å². The van der Waals surface area contributed by atoms with Crippen molar-refractivity contribution < 1.29 is 0 Å². The minimum absolute atomic E-state index is 0.573. The third-order valence-corrected chi connectivity index (χ3v) is 3.75. The fourth-order valence-electron chi connectivity index (χ4n) is 2.35. The summed E-state index contributed by atoms with van der Waals surface area (Å²) in [6, 6.07) is 16.1. The van der Waals surface area contributed by atoms with Gasteiger partial charge in [0.15, 0.2) is 0 Å². The molecular formula is C16H14Cl2N2. The summed E-state index contributed by atoms with van der Waals surface area (Å²) in [6.45, 7) is 0.782. The van der Waals surface area contributed by atoms with Crippen LogP contribution in [0.1, 0.15) is 11.4 Å². The average Bonchev–Trinajstić information content (AvgIpc) is 2.80. The van der Waals surface area contributed by atoms with Gasteiger partial charge in [0, 0.05) is 23.9 Å². The van der Waals surface area contributed by atoms with Crippen LogP contribution in [0.3, 0.4) is 0 Å². The maximum Gasteiger partial charge on any atom is 0.111 e. The Morgan fingerprint density at radius 2 is 1.75 bits per heavy atom. The molecule has 0 aliphatic rings. The fourth-order valence-corrected chi connectivity index (χ4v) is 2.64. The van der Waals surface area contributed by atoms with Gasteiger partial charge >= 0.3 is 0 Å². The van der Waals surface area contributed by atoms with E-state index in [0.717, 1.165) is 34.8 Å². The number of imidazole rings is 1. The number of hydrogen-bond acceptors (Lipinski definition) is 1. The molecule has 102 valence electrons. The molecule has 0 spiro atoms. The zero-order valence-corrected chi connectivity index (χ0v) is 12.4. The highest BCUT2D eigenvalue weighted by Crippen LogP contribution is 2.19. The van der Waals surface area contributed by atoms with Gasteiger partial charge in [-0.25, -0.2) is 4.98 Å². The molecule has 3 aromatic rings. The lowest BCUT2D eigenvalue weighted by atomic mass is 10.2. The van der Waals surface area contributed by atoms with Gasteiger partial charge in [-0.1, -0.05) is 35.9 Å². The Balaban J connectivity index is 2.04. The number of alkyl halides is 1. The fraction of sp³-hybridized carbons (Fsp3) is 0.188. The molecule has 0 bridgehead atoms. The summed E-state index contributed by atoms with van der Waals surface area (Å²) in [4.78, 5) is 4.67. The number of hydrogen-bond donors (Lipinski definition) is 0. The van der Waals surface area contributed by atoms with Gasteiger partial charge in [-0.3, -0.25) is 0 Å². The van der Waals surface area contributed by atoms with Gasteiger partial charge in [0.05, 0.1) is 11.0 Å². The smallest absolute Gasteiger partial charge is 0.111 e. The summed E-state index contributed by atoms with van der Waals surface area (Å²) >= 11 is 11.8. The molecule has 0 atom stereocenters. The van der Waals surface area contributed by atoms with E-state index in [-0.39, 0.29) is 0 Å². The largest absolute Gasteiger partial charge is 0.323 e. The van der Waals surface area contributed by atoms with Crippen LogP contribution in [0.25, 0.3) is 11.0 Å². The molecule has 1 heterocycles. The third kappa shape index (κ3) is 2.67. The van der Waals surface area contributed by atoms with E-state index in [2.05, 4.69) is 15.6 Å². The summed E-state index contributed by atoms with van der Waals surface area (Å²) in [5.74, 6) is 1.60. The van der Waals surface area contributed by atoms with Crippen molar-refractivity contribution in [1.82, 2.24) is 9.55 Å². The Labute approximate surface area is 128 Å². The number of para-hydroxylation sites is 2. The summed E-state index contributed by atoms with van der Waals surface area (Å²) < 4.78 is 2.22. The molecule has 0 aliphatic carbocycles. The summed E-state index contributed by atoms with van der Waals surface area (Å²) in [6.07, 6.45) is 0.768. The highest BCUT2D eigenvalue weighted by molar-refractivity contribution is 6.30. The van der Waals surface area contributed by atoms with Gasteiger partial charge in [-0.15, -0.1) is 11.6 Å². The Hall–Kier alpha value is -1.51. The van der Waals surface area contributed by atoms with E-state index in [4.69, 9.17) is 23.2 Å². The molecule has 0 radical (unpaired) electrons. The predicted octanol–water partition coefficient (Wildman–Crippen LogP) is 4.52. The second-order valence-corrected chi connectivity index (χ2v) is 5.48. The highest BCUT2D eigenvalue weighted by atomic mass is 35.5. The number of nitrogens with zero attached hydrogens (tertiary/aromatic N) is 2. The third-order valence-electron chi connectivity index (χ3n) is 3.31. The molecule has 0 saturated carbocycles. The van der Waals surface area contributed by atoms with Gasteiger partial charge in [-0.05, 0) is 29.8 Å². The van der Waals surface area contributed by atoms with Crippen LogP contribution in [-0.2, 0) is 13.0 Å². The van der Waals surface area contributed by atoms with Gasteiger partial charge in [0.2, 0.25) is 0 Å². The zero-order valence-electron chi connectivity index (χ0n) is 10.9. The van der Waals surface area contributed by atoms with Crippen molar-refractivity contribution in [1.29, 1.82) is 0 Å². The lowest BCUT2D eigenvalue weighted by molar-refractivity contribution is 0.754. The van der Waals surface area contributed by atoms with Crippen LogP contribution in [-0.4, -0.2) is 15.4 Å². The monoisotopic (exact) mass is 304 g/mol. The van der Waals surface area contributed by atoms with Crippen LogP contribution in [0.5, 0.6) is 0 Å². The minimum Gasteiger partial charge on any atom is -0.323 e. The highest BCUT2D eigenvalue weighted by Gasteiger charge is 2.10. The van der Waals surface area contributed by atoms with Crippen LogP contribution < -0.4 is 0 Å². The van der Waals surface area contributed by atoms with Gasteiger partial charge < -0.3 is 4.57 Å². The molecule has 0 amide bonds. The number of halogens is 2. The Bertz CT molecular complexity index is 717. The van der Waals surface area contributed by atoms with E-state index in [1.54, 1.807) is 0 Å². The summed E-state index contributed by atoms with van der Waals surface area (Å²) in [5, 5.41) is 0.755. The molecule has 4 heteroatoms. The standard InChI is InChI=1S/C16H14Cl2N2/c17-10-9-16-19-14-3-1-2-4-15(14)20(16)11-12-5-7-13(18)8-6-12/h1-8H,9-11H2. The first kappa shape index (κ1) is 13.5. The van der Waals surface area contributed by atoms with E-state index in [1.807, 2.05) is 42.5 Å². The first-order chi connectivity index (χ1) is 9.78. The quantitative estimate of drug-likeness (QED) is 0.648. The van der Waals surface area contributed by atoms with E-state index in [9.17, 15) is 0 Å². The molecule has 2 aromatic carbocycles. The zero-order chi connectivity index (χ0) is 13.9. The second kappa shape index (κ2) is 5.86. The van der Waals surface area contributed by atoms with Crippen molar-refractivity contribution >= 4 is 34.2 Å². The van der Waals surface area contributed by atoms with Gasteiger partial charge in [-0.2, -0.15) is 0 Å². The second-order valence-electron chi connectivity index (χ2n) is 4.67. The van der Waals surface area contributed by atoms with Crippen molar-refractivity contribution in [3.8, 4) is 0 Å². The number of aromatic nitrogens is 2. The molecule has 0 unspecified atom stereocenters. The van der Waals surface area contributed by atoms with Crippen molar-refractivity contribution in [2.75, 3.05) is 5.88 Å². The van der Waals surface area contributed by atoms with Crippen LogP contribution in [0, 0.1) is 0 Å². The summed E-state index contributed by atoms with van der Waals surface area (Å²) in [7, 11) is 0. The maximum absolute atomic E-state index is 5.93. The first-order valence-corrected chi connectivity index (χ1v) is 7.44. The van der Waals surface area contributed by atoms with Crippen LogP contribution in [0.2, 0.25) is 5.02 Å². The molecule has 0 fully saturated rings. The number of aryl methyl sites for hydroxylation is 1. The average molecular weight is 305 g/mol. The maximum atomic E-state index is 5.93. The topological polar surface area (TPSA) is 17.8 Å². The molecule has 0 saturated heterocycles. The minimum atomic E-state index is 0.573. The molecule has 20 heavy (non-hydrogen) atoms. The Morgan fingerprint density at radius 1 is 1.00 bits per heavy atom. The van der Waals surface area contributed by atoms with Crippen LogP contribution in [0.15, 0.2) is 48.5 Å². The summed E-state index contributed by atoms with van der Waals surface area (Å²) in [5.41, 5.74) is 3.36. The van der Waals surface area contributed by atoms with Crippen molar-refractivity contribution in [2.24, 2.45) is 0 Å². The number of rotatable bonds is 4. The molecule has 0 N–H and O–H groups in total. The van der Waals surface area contributed by atoms with Crippen LogP contribution >= 0.6 is 23.2 Å². The Kier molecular flexibility index (Phi) is 3.95. The molecule has 1 aromatic heterocycles. The first-order valence-electron chi connectivity index (χ1n) is 6.52. The lowest BCUT2D eigenvalue weighted by Gasteiger charge is -2.09. The van der Waals surface area contributed by atoms with E-state index >= 15 is 0 Å². The van der Waals surface area contributed by atoms with Gasteiger partial charge in [0.1, 0.15) is 5.82 Å². The van der Waals surface area contributed by atoms with E-state index in [1.165, 1.54) is 5.56 Å². The Morgan fingerprint density at radius 3 is 2.50 bits per heavy atom. The van der Waals surface area contributed by atoms with Crippen molar-refractivity contribution in [2.45, 2.75) is 13.0 Å². The van der Waals surface area contributed by atoms with Crippen LogP contribution in [0.4, 0.5) is 0 Å². The van der Waals surface area contributed by atoms with Crippen molar-refractivity contribution in [3.05, 3.63) is 64.9 Å². The van der Waals surface area contributed by atoms with Gasteiger partial charge in [0.25, 0.3) is 0 Å². The normalized spacial score (nSPS) is 11.1.